The average molecular weight is 217 g/mol. The summed E-state index contributed by atoms with van der Waals surface area (Å²) in [6.07, 6.45) is 0. The summed E-state index contributed by atoms with van der Waals surface area (Å²) < 4.78 is 0. The van der Waals surface area contributed by atoms with Gasteiger partial charge >= 0.3 is 0 Å². The van der Waals surface area contributed by atoms with Gasteiger partial charge in [0, 0.05) is 0 Å². The van der Waals surface area contributed by atoms with Crippen LogP contribution in [0.1, 0.15) is 0 Å². The maximum Gasteiger partial charge on any atom is 0.178 e. The lowest BCUT2D eigenvalue weighted by molar-refractivity contribution is -0.430. The summed E-state index contributed by atoms with van der Waals surface area (Å²) in [5.74, 6) is 0.974. The molecular formula is C12H11NO3. The van der Waals surface area contributed by atoms with Gasteiger partial charge in [-0.2, -0.15) is 0 Å². The van der Waals surface area contributed by atoms with Crippen LogP contribution in [0.15, 0.2) is 60.7 Å². The number of hydrogen-bond acceptors (Lipinski definition) is 4. The van der Waals surface area contributed by atoms with Gasteiger partial charge in [-0.15, -0.1) is 0 Å². The lowest BCUT2D eigenvalue weighted by Gasteiger charge is -2.14. The highest BCUT2D eigenvalue weighted by molar-refractivity contribution is 5.21. The van der Waals surface area contributed by atoms with Crippen molar-refractivity contribution >= 4 is 0 Å². The number of hydrogen-bond donors (Lipinski definition) is 1. The minimum atomic E-state index is 0.324. The van der Waals surface area contributed by atoms with E-state index in [2.05, 4.69) is 0 Å². The molecule has 2 aromatic rings. The molecule has 0 atom stereocenters. The zero-order valence-electron chi connectivity index (χ0n) is 8.48. The molecule has 0 saturated carbocycles. The molecule has 0 aliphatic heterocycles. The van der Waals surface area contributed by atoms with Crippen molar-refractivity contribution in [2.45, 2.75) is 0 Å². The van der Waals surface area contributed by atoms with Crippen molar-refractivity contribution in [3.63, 3.8) is 0 Å². The highest BCUT2D eigenvalue weighted by atomic mass is 17.1. The average Bonchev–Trinajstić information content (AvgIpc) is 2.31. The first-order valence-electron chi connectivity index (χ1n) is 4.79. The van der Waals surface area contributed by atoms with Crippen LogP contribution in [0.5, 0.6) is 11.5 Å². The molecule has 0 saturated heterocycles. The Bertz CT molecular complexity index is 377. The van der Waals surface area contributed by atoms with E-state index >= 15 is 0 Å². The number of nitrogens with zero attached hydrogens (tertiary/aromatic N) is 1. The van der Waals surface area contributed by atoms with Crippen molar-refractivity contribution in [1.29, 1.82) is 0 Å². The van der Waals surface area contributed by atoms with E-state index in [1.54, 1.807) is 48.5 Å². The molecule has 2 aromatic carbocycles. The van der Waals surface area contributed by atoms with Gasteiger partial charge in [-0.1, -0.05) is 36.4 Å². The molecule has 0 spiro atoms. The smallest absolute Gasteiger partial charge is 0.178 e. The summed E-state index contributed by atoms with van der Waals surface area (Å²) in [5.41, 5.74) is 0. The SMILES string of the molecule is ON(Oc1ccccc1)Oc1ccccc1. The van der Waals surface area contributed by atoms with Crippen LogP contribution in [-0.2, 0) is 0 Å². The van der Waals surface area contributed by atoms with Crippen molar-refractivity contribution < 1.29 is 14.9 Å². The van der Waals surface area contributed by atoms with Gasteiger partial charge in [-0.05, 0) is 24.3 Å². The molecule has 0 bridgehead atoms. The van der Waals surface area contributed by atoms with Gasteiger partial charge in [0.1, 0.15) is 0 Å². The Morgan fingerprint density at radius 3 is 1.44 bits per heavy atom. The van der Waals surface area contributed by atoms with Crippen LogP contribution < -0.4 is 9.68 Å². The van der Waals surface area contributed by atoms with Crippen LogP contribution >= 0.6 is 0 Å². The molecule has 1 N–H and O–H groups in total. The second-order valence-corrected chi connectivity index (χ2v) is 3.05. The number of rotatable bonds is 4. The van der Waals surface area contributed by atoms with Crippen LogP contribution in [0.25, 0.3) is 0 Å². The lowest BCUT2D eigenvalue weighted by Crippen LogP contribution is -2.27. The van der Waals surface area contributed by atoms with Crippen LogP contribution in [0.4, 0.5) is 0 Å². The molecule has 0 aromatic heterocycles. The molecule has 82 valence electrons. The van der Waals surface area contributed by atoms with Crippen molar-refractivity contribution in [3.05, 3.63) is 60.7 Å². The Balaban J connectivity index is 1.92. The quantitative estimate of drug-likeness (QED) is 0.799. The van der Waals surface area contributed by atoms with E-state index < -0.39 is 0 Å². The Kier molecular flexibility index (Phi) is 3.38. The van der Waals surface area contributed by atoms with Crippen molar-refractivity contribution in [1.82, 2.24) is 5.39 Å². The predicted octanol–water partition coefficient (Wildman–Crippen LogP) is 2.67. The van der Waals surface area contributed by atoms with E-state index in [1.165, 1.54) is 0 Å². The Morgan fingerprint density at radius 2 is 1.06 bits per heavy atom. The molecule has 0 aliphatic rings. The van der Waals surface area contributed by atoms with E-state index in [4.69, 9.17) is 9.68 Å². The van der Waals surface area contributed by atoms with Crippen LogP contribution in [0.3, 0.4) is 0 Å². The summed E-state index contributed by atoms with van der Waals surface area (Å²) >= 11 is 0. The molecule has 4 heteroatoms. The Morgan fingerprint density at radius 1 is 0.688 bits per heavy atom. The third-order valence-electron chi connectivity index (χ3n) is 1.85. The van der Waals surface area contributed by atoms with Crippen LogP contribution in [0, 0.1) is 0 Å². The molecule has 0 radical (unpaired) electrons. The van der Waals surface area contributed by atoms with Gasteiger partial charge in [0.25, 0.3) is 0 Å². The van der Waals surface area contributed by atoms with Gasteiger partial charge in [0.2, 0.25) is 0 Å². The van der Waals surface area contributed by atoms with Gasteiger partial charge < -0.3 is 9.68 Å². The third kappa shape index (κ3) is 2.98. The minimum Gasteiger partial charge on any atom is -0.348 e. The summed E-state index contributed by atoms with van der Waals surface area (Å²) in [4.78, 5) is 9.97. The summed E-state index contributed by atoms with van der Waals surface area (Å²) in [5, 5.41) is 9.67. The molecule has 4 nitrogen and oxygen atoms in total. The highest BCUT2D eigenvalue weighted by Gasteiger charge is 2.04. The fraction of sp³-hybridized carbons (Fsp3) is 0. The van der Waals surface area contributed by atoms with E-state index in [1.807, 2.05) is 12.1 Å². The molecular weight excluding hydrogens is 206 g/mol. The van der Waals surface area contributed by atoms with Gasteiger partial charge in [-0.3, -0.25) is 0 Å². The molecule has 0 fully saturated rings. The molecule has 0 amide bonds. The number of para-hydroxylation sites is 2. The molecule has 0 aliphatic carbocycles. The molecule has 0 heterocycles. The maximum atomic E-state index is 9.34. The lowest BCUT2D eigenvalue weighted by atomic mass is 10.3. The summed E-state index contributed by atoms with van der Waals surface area (Å²) in [7, 11) is 0. The largest absolute Gasteiger partial charge is 0.348 e. The van der Waals surface area contributed by atoms with Crippen molar-refractivity contribution in [2.24, 2.45) is 0 Å². The van der Waals surface area contributed by atoms with Crippen LogP contribution in [0.2, 0.25) is 0 Å². The fourth-order valence-corrected chi connectivity index (χ4v) is 1.16. The Hall–Kier alpha value is -2.04. The van der Waals surface area contributed by atoms with E-state index in [9.17, 15) is 5.21 Å². The van der Waals surface area contributed by atoms with Crippen LogP contribution in [-0.4, -0.2) is 10.6 Å². The van der Waals surface area contributed by atoms with Gasteiger partial charge in [0.15, 0.2) is 16.9 Å². The first kappa shape index (κ1) is 10.5. The highest BCUT2D eigenvalue weighted by Crippen LogP contribution is 2.13. The summed E-state index contributed by atoms with van der Waals surface area (Å²) in [6, 6.07) is 17.7. The van der Waals surface area contributed by atoms with Gasteiger partial charge in [-0.25, -0.2) is 5.21 Å². The topological polar surface area (TPSA) is 41.9 Å². The van der Waals surface area contributed by atoms with E-state index in [0.29, 0.717) is 16.9 Å². The molecule has 2 rings (SSSR count). The summed E-state index contributed by atoms with van der Waals surface area (Å²) in [6.45, 7) is 0. The predicted molar refractivity (Wildman–Crippen MR) is 57.8 cm³/mol. The van der Waals surface area contributed by atoms with Crippen molar-refractivity contribution in [3.8, 4) is 11.5 Å². The third-order valence-corrected chi connectivity index (χ3v) is 1.85. The minimum absolute atomic E-state index is 0.324. The second kappa shape index (κ2) is 5.16. The number of benzene rings is 2. The first-order valence-corrected chi connectivity index (χ1v) is 4.79. The zero-order valence-corrected chi connectivity index (χ0v) is 8.48. The first-order chi connectivity index (χ1) is 7.84. The normalized spacial score (nSPS) is 10.1. The van der Waals surface area contributed by atoms with E-state index in [0.717, 1.165) is 0 Å². The monoisotopic (exact) mass is 217 g/mol. The standard InChI is InChI=1S/C12H11NO3/c14-13(15-11-7-3-1-4-8-11)16-12-9-5-2-6-10-12/h1-10,14H. The fourth-order valence-electron chi connectivity index (χ4n) is 1.16. The van der Waals surface area contributed by atoms with E-state index in [-0.39, 0.29) is 0 Å². The zero-order chi connectivity index (χ0) is 11.2. The Labute approximate surface area is 93.1 Å². The molecule has 16 heavy (non-hydrogen) atoms. The van der Waals surface area contributed by atoms with Gasteiger partial charge in [0.05, 0.1) is 0 Å². The second-order valence-electron chi connectivity index (χ2n) is 3.05. The molecule has 0 unspecified atom stereocenters. The van der Waals surface area contributed by atoms with Crippen molar-refractivity contribution in [2.75, 3.05) is 0 Å². The maximum absolute atomic E-state index is 9.34.